The van der Waals surface area contributed by atoms with Gasteiger partial charge in [-0.15, -0.1) is 0 Å². The molecule has 0 bridgehead atoms. The van der Waals surface area contributed by atoms with Crippen molar-refractivity contribution < 1.29 is 14.2 Å². The summed E-state index contributed by atoms with van der Waals surface area (Å²) in [6.07, 6.45) is 4.66. The molecule has 1 atom stereocenters. The fourth-order valence-corrected chi connectivity index (χ4v) is 2.51. The van der Waals surface area contributed by atoms with Crippen LogP contribution in [0.5, 0.6) is 5.75 Å². The lowest BCUT2D eigenvalue weighted by molar-refractivity contribution is 0.0831. The Bertz CT molecular complexity index is 428. The van der Waals surface area contributed by atoms with Gasteiger partial charge < -0.3 is 15.2 Å². The van der Waals surface area contributed by atoms with Crippen molar-refractivity contribution in [1.82, 2.24) is 5.32 Å². The number of benzene rings is 1. The van der Waals surface area contributed by atoms with Crippen LogP contribution >= 0.6 is 0 Å². The van der Waals surface area contributed by atoms with E-state index < -0.39 is 0 Å². The summed E-state index contributed by atoms with van der Waals surface area (Å²) in [5.74, 6) is 0.884. The molecular formula is C15H20FNO2. The van der Waals surface area contributed by atoms with Gasteiger partial charge in [-0.3, -0.25) is 0 Å². The summed E-state index contributed by atoms with van der Waals surface area (Å²) in [5, 5.41) is 13.3. The fourth-order valence-electron chi connectivity index (χ4n) is 2.51. The number of halogens is 1. The third-order valence-corrected chi connectivity index (χ3v) is 4.02. The molecule has 0 radical (unpaired) electrons. The Labute approximate surface area is 112 Å². The van der Waals surface area contributed by atoms with Crippen molar-refractivity contribution >= 4 is 0 Å². The van der Waals surface area contributed by atoms with Crippen LogP contribution in [0.15, 0.2) is 24.3 Å². The molecule has 0 amide bonds. The highest BCUT2D eigenvalue weighted by Gasteiger charge is 2.48. The topological polar surface area (TPSA) is 41.5 Å². The Morgan fingerprint density at radius 3 is 2.42 bits per heavy atom. The normalized spacial score (nSPS) is 22.0. The largest absolute Gasteiger partial charge is 0.492 e. The number of rotatable bonds is 7. The highest BCUT2D eigenvalue weighted by molar-refractivity contribution is 5.22. The van der Waals surface area contributed by atoms with Crippen LogP contribution in [0.3, 0.4) is 0 Å². The van der Waals surface area contributed by atoms with Crippen LogP contribution in [0.4, 0.5) is 4.39 Å². The van der Waals surface area contributed by atoms with Gasteiger partial charge in [-0.25, -0.2) is 4.39 Å². The lowest BCUT2D eigenvalue weighted by atomic mass is 9.95. The minimum atomic E-state index is -0.324. The van der Waals surface area contributed by atoms with Crippen molar-refractivity contribution in [3.05, 3.63) is 30.1 Å². The predicted octanol–water partition coefficient (Wildman–Crippen LogP) is 2.10. The molecule has 2 aliphatic rings. The summed E-state index contributed by atoms with van der Waals surface area (Å²) < 4.78 is 18.6. The van der Waals surface area contributed by atoms with Gasteiger partial charge in [-0.05, 0) is 55.9 Å². The molecule has 0 saturated heterocycles. The Morgan fingerprint density at radius 2 is 1.89 bits per heavy atom. The predicted molar refractivity (Wildman–Crippen MR) is 70.6 cm³/mol. The third kappa shape index (κ3) is 3.07. The van der Waals surface area contributed by atoms with E-state index in [9.17, 15) is 9.50 Å². The molecular weight excluding hydrogens is 245 g/mol. The van der Waals surface area contributed by atoms with Gasteiger partial charge in [0.05, 0.1) is 12.1 Å². The maximum Gasteiger partial charge on any atom is 0.123 e. The maximum atomic E-state index is 12.8. The minimum absolute atomic E-state index is 0.0926. The van der Waals surface area contributed by atoms with Crippen molar-refractivity contribution in [2.45, 2.75) is 37.3 Å². The summed E-state index contributed by atoms with van der Waals surface area (Å²) in [5.41, 5.74) is -0.324. The molecule has 1 unspecified atom stereocenters. The summed E-state index contributed by atoms with van der Waals surface area (Å²) in [4.78, 5) is 0. The van der Waals surface area contributed by atoms with Crippen LogP contribution in [-0.2, 0) is 0 Å². The van der Waals surface area contributed by atoms with E-state index in [1.54, 1.807) is 12.1 Å². The van der Waals surface area contributed by atoms with Gasteiger partial charge in [-0.2, -0.15) is 0 Å². The second-order valence-corrected chi connectivity index (χ2v) is 5.75. The van der Waals surface area contributed by atoms with E-state index in [0.29, 0.717) is 24.3 Å². The number of hydrogen-bond acceptors (Lipinski definition) is 3. The van der Waals surface area contributed by atoms with E-state index >= 15 is 0 Å². The lowest BCUT2D eigenvalue weighted by Crippen LogP contribution is -2.56. The van der Waals surface area contributed by atoms with Gasteiger partial charge >= 0.3 is 0 Å². The van der Waals surface area contributed by atoms with Gasteiger partial charge in [-0.1, -0.05) is 0 Å². The van der Waals surface area contributed by atoms with E-state index in [1.807, 2.05) is 0 Å². The lowest BCUT2D eigenvalue weighted by Gasteiger charge is -2.33. The first-order valence-corrected chi connectivity index (χ1v) is 6.99. The number of nitrogens with one attached hydrogen (secondary N) is 1. The maximum absolute atomic E-state index is 12.8. The molecule has 2 N–H and O–H groups in total. The third-order valence-electron chi connectivity index (χ3n) is 4.02. The summed E-state index contributed by atoms with van der Waals surface area (Å²) in [6, 6.07) is 6.57. The molecule has 0 heterocycles. The zero-order chi connectivity index (χ0) is 13.3. The number of aliphatic hydroxyl groups excluding tert-OH is 1. The van der Waals surface area contributed by atoms with E-state index in [0.717, 1.165) is 12.8 Å². The smallest absolute Gasteiger partial charge is 0.123 e. The average molecular weight is 265 g/mol. The highest BCUT2D eigenvalue weighted by atomic mass is 19.1. The van der Waals surface area contributed by atoms with E-state index in [1.165, 1.54) is 25.0 Å². The first-order valence-electron chi connectivity index (χ1n) is 6.99. The second-order valence-electron chi connectivity index (χ2n) is 5.75. The molecule has 2 aliphatic carbocycles. The van der Waals surface area contributed by atoms with Crippen LogP contribution in [0.2, 0.25) is 0 Å². The molecule has 3 nitrogen and oxygen atoms in total. The zero-order valence-electron chi connectivity index (χ0n) is 10.9. The first-order chi connectivity index (χ1) is 9.22. The number of ether oxygens (including phenoxy) is 1. The van der Waals surface area contributed by atoms with Crippen LogP contribution in [-0.4, -0.2) is 29.9 Å². The Hall–Kier alpha value is -1.13. The van der Waals surface area contributed by atoms with Gasteiger partial charge in [0.1, 0.15) is 18.2 Å². The molecule has 3 rings (SSSR count). The monoisotopic (exact) mass is 265 g/mol. The van der Waals surface area contributed by atoms with Gasteiger partial charge in [0, 0.05) is 6.04 Å². The van der Waals surface area contributed by atoms with E-state index in [-0.39, 0.29) is 18.0 Å². The number of aliphatic hydroxyl groups is 1. The van der Waals surface area contributed by atoms with Crippen LogP contribution in [0.1, 0.15) is 25.7 Å². The van der Waals surface area contributed by atoms with Gasteiger partial charge in [0.15, 0.2) is 0 Å². The first kappa shape index (κ1) is 12.9. The Balaban J connectivity index is 1.64. The SMILES string of the molecule is OCC(COc1ccc(F)cc1)(NC1CC1)C1CC1. The molecule has 1 aromatic carbocycles. The van der Waals surface area contributed by atoms with Crippen LogP contribution in [0.25, 0.3) is 0 Å². The highest BCUT2D eigenvalue weighted by Crippen LogP contribution is 2.41. The minimum Gasteiger partial charge on any atom is -0.492 e. The molecule has 1 aromatic rings. The molecule has 0 spiro atoms. The molecule has 2 fully saturated rings. The Kier molecular flexibility index (Phi) is 3.46. The molecule has 104 valence electrons. The molecule has 0 aromatic heterocycles. The van der Waals surface area contributed by atoms with Crippen molar-refractivity contribution in [2.24, 2.45) is 5.92 Å². The van der Waals surface area contributed by atoms with Crippen molar-refractivity contribution in [2.75, 3.05) is 13.2 Å². The van der Waals surface area contributed by atoms with Crippen molar-refractivity contribution in [3.63, 3.8) is 0 Å². The molecule has 19 heavy (non-hydrogen) atoms. The quantitative estimate of drug-likeness (QED) is 0.793. The van der Waals surface area contributed by atoms with Gasteiger partial charge in [0.2, 0.25) is 0 Å². The van der Waals surface area contributed by atoms with E-state index in [4.69, 9.17) is 4.74 Å². The summed E-state index contributed by atoms with van der Waals surface area (Å²) >= 11 is 0. The summed E-state index contributed by atoms with van der Waals surface area (Å²) in [6.45, 7) is 0.533. The summed E-state index contributed by atoms with van der Waals surface area (Å²) in [7, 11) is 0. The molecule has 0 aliphatic heterocycles. The second kappa shape index (κ2) is 5.10. The molecule has 2 saturated carbocycles. The standard InChI is InChI=1S/C15H20FNO2/c16-12-3-7-14(8-4-12)19-10-15(9-18,11-1-2-11)17-13-5-6-13/h3-4,7-8,11,13,17-18H,1-2,5-6,9-10H2. The van der Waals surface area contributed by atoms with Crippen LogP contribution < -0.4 is 10.1 Å². The van der Waals surface area contributed by atoms with Crippen molar-refractivity contribution in [1.29, 1.82) is 0 Å². The zero-order valence-corrected chi connectivity index (χ0v) is 10.9. The molecule has 4 heteroatoms. The Morgan fingerprint density at radius 1 is 1.21 bits per heavy atom. The van der Waals surface area contributed by atoms with E-state index in [2.05, 4.69) is 5.32 Å². The van der Waals surface area contributed by atoms with Crippen LogP contribution in [0, 0.1) is 11.7 Å². The number of hydrogen-bond donors (Lipinski definition) is 2. The average Bonchev–Trinajstić information content (AvgIpc) is 3.28. The van der Waals surface area contributed by atoms with Gasteiger partial charge in [0.25, 0.3) is 0 Å². The fraction of sp³-hybridized carbons (Fsp3) is 0.600. The van der Waals surface area contributed by atoms with Crippen molar-refractivity contribution in [3.8, 4) is 5.75 Å².